The molecule has 3 atom stereocenters. The molecule has 0 spiro atoms. The Morgan fingerprint density at radius 2 is 1.12 bits per heavy atom. The summed E-state index contributed by atoms with van der Waals surface area (Å²) in [6, 6.07) is 37.3. The van der Waals surface area contributed by atoms with Gasteiger partial charge in [0.15, 0.2) is 0 Å². The van der Waals surface area contributed by atoms with Gasteiger partial charge in [0.2, 0.25) is 0 Å². The Kier molecular flexibility index (Phi) is 13.0. The number of hydrogen-bond acceptors (Lipinski definition) is 11. The molecule has 6 rings (SSSR count). The van der Waals surface area contributed by atoms with Crippen molar-refractivity contribution >= 4 is 57.6 Å². The first kappa shape index (κ1) is 42.6. The Morgan fingerprint density at radius 1 is 0.683 bits per heavy atom. The number of carbonyl (C=O) groups excluding carboxylic acids is 4. The second-order valence-corrected chi connectivity index (χ2v) is 19.1. The average molecular weight is 835 g/mol. The third-order valence-corrected chi connectivity index (χ3v) is 17.0. The van der Waals surface area contributed by atoms with E-state index in [0.717, 1.165) is 0 Å². The van der Waals surface area contributed by atoms with Gasteiger partial charge in [0.05, 0.1) is 0 Å². The number of β-lactam (4-membered cyclic amide) rings is 1. The van der Waals surface area contributed by atoms with Gasteiger partial charge < -0.3 is 0 Å². The summed E-state index contributed by atoms with van der Waals surface area (Å²) < 4.78 is 17.0. The first-order chi connectivity index (χ1) is 28.9. The molecule has 1 aliphatic rings. The molecule has 0 saturated carbocycles. The van der Waals surface area contributed by atoms with Crippen LogP contribution in [0, 0.1) is 26.1 Å². The van der Waals surface area contributed by atoms with E-state index in [1.807, 2.05) is 36.4 Å². The van der Waals surface area contributed by atoms with Gasteiger partial charge in [-0.1, -0.05) is 6.07 Å². The van der Waals surface area contributed by atoms with E-state index < -0.39 is 71.3 Å². The van der Waals surface area contributed by atoms with Crippen LogP contribution in [0.25, 0.3) is 0 Å². The van der Waals surface area contributed by atoms with E-state index >= 15 is 4.79 Å². The normalized spacial score (nSPS) is 15.9. The molecule has 310 valence electrons. The molecule has 15 nitrogen and oxygen atoms in total. The van der Waals surface area contributed by atoms with E-state index in [4.69, 9.17) is 14.2 Å². The number of nitro groups is 2. The molecule has 1 unspecified atom stereocenters. The van der Waals surface area contributed by atoms with Crippen molar-refractivity contribution in [1.29, 1.82) is 0 Å². The van der Waals surface area contributed by atoms with Crippen LogP contribution in [0.3, 0.4) is 0 Å². The van der Waals surface area contributed by atoms with Crippen LogP contribution in [-0.2, 0) is 37.0 Å². The van der Waals surface area contributed by atoms with Crippen molar-refractivity contribution in [2.75, 3.05) is 12.9 Å². The van der Waals surface area contributed by atoms with Gasteiger partial charge in [0.25, 0.3) is 0 Å². The van der Waals surface area contributed by atoms with Crippen LogP contribution in [-0.4, -0.2) is 63.4 Å². The Labute approximate surface area is 345 Å². The zero-order chi connectivity index (χ0) is 42.9. The van der Waals surface area contributed by atoms with Crippen molar-refractivity contribution in [3.63, 3.8) is 0 Å². The van der Waals surface area contributed by atoms with Crippen LogP contribution in [0.4, 0.5) is 21.0 Å². The summed E-state index contributed by atoms with van der Waals surface area (Å²) in [5.41, 5.74) is -0.778. The maximum absolute atomic E-state index is 15.8. The fourth-order valence-corrected chi connectivity index (χ4v) is 13.9. The molecular weight excluding hydrogens is 791 g/mol. The van der Waals surface area contributed by atoms with Crippen molar-refractivity contribution in [2.24, 2.45) is 5.92 Å². The summed E-state index contributed by atoms with van der Waals surface area (Å²) in [5, 5.41) is 27.9. The SMILES string of the molecule is CC(=O)OCC[C@@H]1[C@@H](C(C)NC(=O)OCc2ccccc2[N+](=O)[O-])C(=O)N1CP(C(=O)OCc1ccccc1[N+](=O)[O-])(c1ccccc1)(c1ccccc1)c1ccccc1. The Morgan fingerprint density at radius 3 is 1.57 bits per heavy atom. The number of alkyl carbamates (subject to hydrolysis) is 1. The molecule has 1 fully saturated rings. The molecule has 1 aliphatic heterocycles. The van der Waals surface area contributed by atoms with E-state index in [0.29, 0.717) is 15.9 Å². The van der Waals surface area contributed by atoms with Gasteiger partial charge in [0.1, 0.15) is 0 Å². The van der Waals surface area contributed by atoms with Crippen LogP contribution in [0.15, 0.2) is 140 Å². The van der Waals surface area contributed by atoms with Crippen LogP contribution in [0.1, 0.15) is 31.4 Å². The van der Waals surface area contributed by atoms with Gasteiger partial charge in [-0.2, -0.15) is 0 Å². The zero-order valence-corrected chi connectivity index (χ0v) is 33.7. The van der Waals surface area contributed by atoms with E-state index in [1.165, 1.54) is 43.3 Å². The first-order valence-corrected chi connectivity index (χ1v) is 21.5. The minimum absolute atomic E-state index is 0.0881. The molecular formula is C44H43N4O11P. The van der Waals surface area contributed by atoms with Crippen LogP contribution in [0.5, 0.6) is 0 Å². The van der Waals surface area contributed by atoms with Crippen LogP contribution in [0.2, 0.25) is 0 Å². The fourth-order valence-electron chi connectivity index (χ4n) is 8.02. The molecule has 60 heavy (non-hydrogen) atoms. The maximum atomic E-state index is 15.8. The number of likely N-dealkylation sites (tertiary alicyclic amines) is 1. The summed E-state index contributed by atoms with van der Waals surface area (Å²) in [6.45, 7) is -2.81. The Bertz CT molecular complexity index is 2280. The van der Waals surface area contributed by atoms with Gasteiger partial charge in [-0.05, 0) is 0 Å². The average Bonchev–Trinajstić information content (AvgIpc) is 3.26. The van der Waals surface area contributed by atoms with Crippen molar-refractivity contribution in [3.8, 4) is 0 Å². The van der Waals surface area contributed by atoms with Gasteiger partial charge in [0, 0.05) is 0 Å². The fraction of sp³-hybridized carbons (Fsp3) is 0.227. The van der Waals surface area contributed by atoms with Gasteiger partial charge in [-0.3, -0.25) is 10.1 Å². The zero-order valence-electron chi connectivity index (χ0n) is 32.8. The molecule has 2 amide bonds. The number of hydrogen-bond donors (Lipinski definition) is 1. The Hall–Kier alpha value is -6.99. The quantitative estimate of drug-likeness (QED) is 0.0261. The molecule has 0 radical (unpaired) electrons. The number of amides is 2. The number of nitrogens with zero attached hydrogens (tertiary/aromatic N) is 3. The summed E-state index contributed by atoms with van der Waals surface area (Å²) in [5.74, 6) is -1.84. The van der Waals surface area contributed by atoms with Crippen molar-refractivity contribution in [1.82, 2.24) is 10.2 Å². The van der Waals surface area contributed by atoms with Crippen molar-refractivity contribution in [3.05, 3.63) is 171 Å². The standard InChI is InChI=1S/C44H43N4O11P/c1-31(45-43(51)58-28-33-16-12-14-24-38(33)47(53)54)41-40(26-27-57-32(2)49)46(42(41)50)30-60(35-18-6-3-7-19-35,36-20-8-4-9-21-36,37-22-10-5-11-23-37)44(52)59-29-34-17-13-15-25-39(34)48(55)56/h3-25,31,40-41H,26-30H2,1-2H3,(H,45,51)/t31?,40-,41-/m1/s1. The number of benzene rings is 5. The number of esters is 1. The van der Waals surface area contributed by atoms with Crippen molar-refractivity contribution in [2.45, 2.75) is 45.6 Å². The van der Waals surface area contributed by atoms with E-state index in [1.54, 1.807) is 78.6 Å². The number of nitrogens with one attached hydrogen (secondary N) is 1. The summed E-state index contributed by atoms with van der Waals surface area (Å²) in [4.78, 5) is 79.6. The monoisotopic (exact) mass is 834 g/mol. The van der Waals surface area contributed by atoms with Gasteiger partial charge in [-0.15, -0.1) is 0 Å². The summed E-state index contributed by atoms with van der Waals surface area (Å²) in [6.07, 6.45) is -1.00. The molecule has 5 aromatic carbocycles. The minimum atomic E-state index is -4.76. The van der Waals surface area contributed by atoms with Gasteiger partial charge in [-0.25, -0.2) is 0 Å². The number of para-hydroxylation sites is 2. The van der Waals surface area contributed by atoms with Crippen LogP contribution < -0.4 is 21.2 Å². The van der Waals surface area contributed by atoms with E-state index in [9.17, 15) is 34.6 Å². The molecule has 0 bridgehead atoms. The number of rotatable bonds is 17. The predicted octanol–water partition coefficient (Wildman–Crippen LogP) is 6.72. The molecule has 16 heteroatoms. The number of ether oxygens (including phenoxy) is 3. The molecule has 1 N–H and O–H groups in total. The van der Waals surface area contributed by atoms with Crippen molar-refractivity contribution < 1.29 is 43.2 Å². The number of nitro benzene ring substituents is 2. The summed E-state index contributed by atoms with van der Waals surface area (Å²) in [7, 11) is 0. The first-order valence-electron chi connectivity index (χ1n) is 19.1. The second-order valence-electron chi connectivity index (χ2n) is 14.3. The summed E-state index contributed by atoms with van der Waals surface area (Å²) >= 11 is 0. The second kappa shape index (κ2) is 18.3. The molecule has 1 heterocycles. The molecule has 0 aliphatic carbocycles. The van der Waals surface area contributed by atoms with E-state index in [-0.39, 0.29) is 41.8 Å². The molecule has 1 saturated heterocycles. The number of carbonyl (C=O) groups is 4. The molecule has 0 aromatic heterocycles. The van der Waals surface area contributed by atoms with Gasteiger partial charge >= 0.3 is 330 Å². The van der Waals surface area contributed by atoms with E-state index in [2.05, 4.69) is 5.32 Å². The Balaban J connectivity index is 1.44. The molecule has 5 aromatic rings. The van der Waals surface area contributed by atoms with Crippen LogP contribution >= 0.6 is 6.60 Å². The predicted molar refractivity (Wildman–Crippen MR) is 225 cm³/mol. The third kappa shape index (κ3) is 8.16. The topological polar surface area (TPSA) is 198 Å². The third-order valence-electron chi connectivity index (χ3n) is 10.9.